The number of pyridine rings is 2. The van der Waals surface area contributed by atoms with Crippen molar-refractivity contribution in [3.05, 3.63) is 60.9 Å². The van der Waals surface area contributed by atoms with Gasteiger partial charge in [-0.15, -0.1) is 12.1 Å². The summed E-state index contributed by atoms with van der Waals surface area (Å²) in [6.45, 7) is 0. The third-order valence-corrected chi connectivity index (χ3v) is 4.31. The van der Waals surface area contributed by atoms with E-state index in [1.807, 2.05) is 50.5 Å². The van der Waals surface area contributed by atoms with Gasteiger partial charge < -0.3 is 9.97 Å². The molecule has 4 aromatic rings. The predicted molar refractivity (Wildman–Crippen MR) is 94.7 cm³/mol. The van der Waals surface area contributed by atoms with Crippen LogP contribution < -0.4 is 0 Å². The first-order valence-electron chi connectivity index (χ1n) is 7.63. The number of hydrogen-bond acceptors (Lipinski definition) is 5. The Kier molecular flexibility index (Phi) is 5.69. The normalized spacial score (nSPS) is 10.5. The largest absolute Gasteiger partial charge is 2.00 e. The van der Waals surface area contributed by atoms with Gasteiger partial charge in [0.1, 0.15) is 0 Å². The monoisotopic (exact) mass is 541 g/mol. The van der Waals surface area contributed by atoms with Crippen LogP contribution in [0.3, 0.4) is 0 Å². The molecule has 4 heterocycles. The van der Waals surface area contributed by atoms with Crippen molar-refractivity contribution >= 4 is 11.8 Å². The molecule has 0 unspecified atom stereocenters. The first-order chi connectivity index (χ1) is 12.2. The van der Waals surface area contributed by atoms with Gasteiger partial charge in [-0.3, -0.25) is 9.36 Å². The molecule has 0 spiro atoms. The summed E-state index contributed by atoms with van der Waals surface area (Å²) in [5.41, 5.74) is 3.05. The van der Waals surface area contributed by atoms with E-state index in [0.29, 0.717) is 0 Å². The molecule has 0 fully saturated rings. The first-order valence-corrected chi connectivity index (χ1v) is 8.44. The van der Waals surface area contributed by atoms with E-state index >= 15 is 0 Å². The molecule has 0 aliphatic heterocycles. The van der Waals surface area contributed by atoms with Gasteiger partial charge in [-0.1, -0.05) is 59.1 Å². The standard InChI is InChI=1S/C18H14N6S.Pt/c1-23-11-9-15(21-23)13-5-3-7-17(19-13)25-18-8-4-6-14(20-18)16-10-12-24(2)22-16;/h3-8,11-12H,1-2H3;/q-2;+2. The maximum atomic E-state index is 4.65. The average molecular weight is 541 g/mol. The molecule has 0 saturated carbocycles. The van der Waals surface area contributed by atoms with Crippen molar-refractivity contribution in [2.24, 2.45) is 14.1 Å². The molecule has 0 aliphatic carbocycles. The second kappa shape index (κ2) is 7.97. The van der Waals surface area contributed by atoms with Crippen LogP contribution >= 0.6 is 11.8 Å². The third-order valence-electron chi connectivity index (χ3n) is 3.43. The van der Waals surface area contributed by atoms with Gasteiger partial charge in [0, 0.05) is 14.1 Å². The maximum absolute atomic E-state index is 4.65. The molecule has 0 aliphatic rings. The van der Waals surface area contributed by atoms with Crippen molar-refractivity contribution in [2.45, 2.75) is 10.1 Å². The van der Waals surface area contributed by atoms with Crippen LogP contribution in [0.5, 0.6) is 0 Å². The zero-order valence-electron chi connectivity index (χ0n) is 14.0. The number of hydrogen-bond donors (Lipinski definition) is 0. The van der Waals surface area contributed by atoms with Crippen LogP contribution in [-0.2, 0) is 35.2 Å². The molecule has 4 aromatic heterocycles. The minimum atomic E-state index is 0. The molecule has 0 saturated heterocycles. The van der Waals surface area contributed by atoms with Crippen molar-refractivity contribution in [3.8, 4) is 22.8 Å². The molecule has 8 heteroatoms. The summed E-state index contributed by atoms with van der Waals surface area (Å²) in [7, 11) is 3.73. The Balaban J connectivity index is 0.00000196. The Bertz CT molecular complexity index is 944. The maximum Gasteiger partial charge on any atom is 2.00 e. The Morgan fingerprint density at radius 2 is 1.23 bits per heavy atom. The predicted octanol–water partition coefficient (Wildman–Crippen LogP) is 3.03. The van der Waals surface area contributed by atoms with E-state index in [0.717, 1.165) is 32.8 Å². The second-order valence-electron chi connectivity index (χ2n) is 5.42. The molecule has 0 N–H and O–H groups in total. The van der Waals surface area contributed by atoms with Crippen LogP contribution in [-0.4, -0.2) is 29.5 Å². The van der Waals surface area contributed by atoms with Crippen LogP contribution in [0.15, 0.2) is 58.8 Å². The van der Waals surface area contributed by atoms with Crippen LogP contribution in [0, 0.1) is 12.1 Å². The molecule has 0 aromatic carbocycles. The molecule has 26 heavy (non-hydrogen) atoms. The van der Waals surface area contributed by atoms with Crippen LogP contribution in [0.4, 0.5) is 0 Å². The molecule has 0 radical (unpaired) electrons. The van der Waals surface area contributed by atoms with Crippen molar-refractivity contribution in [2.75, 3.05) is 0 Å². The number of aryl methyl sites for hydroxylation is 2. The van der Waals surface area contributed by atoms with E-state index in [-0.39, 0.29) is 21.1 Å². The zero-order valence-corrected chi connectivity index (χ0v) is 17.1. The van der Waals surface area contributed by atoms with Crippen molar-refractivity contribution < 1.29 is 21.1 Å². The topological polar surface area (TPSA) is 61.4 Å². The van der Waals surface area contributed by atoms with Crippen LogP contribution in [0.1, 0.15) is 0 Å². The second-order valence-corrected chi connectivity index (χ2v) is 6.46. The van der Waals surface area contributed by atoms with Crippen molar-refractivity contribution in [1.82, 2.24) is 29.5 Å². The first kappa shape index (κ1) is 18.5. The minimum Gasteiger partial charge on any atom is -0.336 e. The van der Waals surface area contributed by atoms with Crippen molar-refractivity contribution in [3.63, 3.8) is 0 Å². The minimum absolute atomic E-state index is 0. The Morgan fingerprint density at radius 1 is 0.769 bits per heavy atom. The van der Waals surface area contributed by atoms with Gasteiger partial charge in [0.15, 0.2) is 0 Å². The molecule has 0 atom stereocenters. The van der Waals surface area contributed by atoms with Gasteiger partial charge in [0.25, 0.3) is 0 Å². The van der Waals surface area contributed by atoms with E-state index < -0.39 is 0 Å². The fourth-order valence-electron chi connectivity index (χ4n) is 2.30. The van der Waals surface area contributed by atoms with E-state index in [9.17, 15) is 0 Å². The van der Waals surface area contributed by atoms with Gasteiger partial charge in [0.05, 0.1) is 10.1 Å². The SMILES string of the molecule is Cn1c[c-]c(-c2cccc(Sc3cccc(-c4[c-]cn(C)n4)n3)n2)n1.[Pt+2]. The van der Waals surface area contributed by atoms with Gasteiger partial charge in [0.2, 0.25) is 0 Å². The summed E-state index contributed by atoms with van der Waals surface area (Å²) >= 11 is 1.50. The summed E-state index contributed by atoms with van der Waals surface area (Å²) < 4.78 is 3.43. The number of aromatic nitrogens is 6. The smallest absolute Gasteiger partial charge is 0.336 e. The van der Waals surface area contributed by atoms with Gasteiger partial charge in [-0.2, -0.15) is 0 Å². The van der Waals surface area contributed by atoms with Gasteiger partial charge in [-0.25, -0.2) is 22.3 Å². The average Bonchev–Trinajstić information content (AvgIpc) is 3.24. The summed E-state index contributed by atoms with van der Waals surface area (Å²) in [4.78, 5) is 9.29. The Morgan fingerprint density at radius 3 is 1.62 bits per heavy atom. The van der Waals surface area contributed by atoms with Crippen molar-refractivity contribution in [1.29, 1.82) is 0 Å². The molecule has 0 bridgehead atoms. The van der Waals surface area contributed by atoms with E-state index in [4.69, 9.17) is 0 Å². The van der Waals surface area contributed by atoms with E-state index in [2.05, 4.69) is 32.3 Å². The third kappa shape index (κ3) is 4.11. The molecular formula is C18H14N6PtS. The summed E-state index contributed by atoms with van der Waals surface area (Å²) in [6.07, 6.45) is 3.57. The molecule has 4 rings (SSSR count). The summed E-state index contributed by atoms with van der Waals surface area (Å²) in [5.74, 6) is 0. The Hall–Kier alpha value is -2.24. The van der Waals surface area contributed by atoms with Gasteiger partial charge >= 0.3 is 21.1 Å². The quantitative estimate of drug-likeness (QED) is 0.372. The molecule has 0 amide bonds. The fraction of sp³-hybridized carbons (Fsp3) is 0.111. The van der Waals surface area contributed by atoms with E-state index in [1.165, 1.54) is 11.8 Å². The number of nitrogens with zero attached hydrogens (tertiary/aromatic N) is 6. The van der Waals surface area contributed by atoms with Gasteiger partial charge in [-0.05, 0) is 12.1 Å². The molecule has 132 valence electrons. The summed E-state index contributed by atoms with van der Waals surface area (Å²) in [5, 5.41) is 10.4. The molecular weight excluding hydrogens is 527 g/mol. The van der Waals surface area contributed by atoms with Crippen LogP contribution in [0.2, 0.25) is 0 Å². The van der Waals surface area contributed by atoms with E-state index in [1.54, 1.807) is 21.8 Å². The Labute approximate surface area is 169 Å². The fourth-order valence-corrected chi connectivity index (χ4v) is 3.10. The number of rotatable bonds is 4. The molecule has 6 nitrogen and oxygen atoms in total. The zero-order chi connectivity index (χ0) is 17.2. The van der Waals surface area contributed by atoms with Crippen LogP contribution in [0.25, 0.3) is 22.8 Å². The summed E-state index contributed by atoms with van der Waals surface area (Å²) in [6, 6.07) is 17.9.